The number of fused-ring (bicyclic) bond motifs is 1. The Morgan fingerprint density at radius 2 is 1.96 bits per heavy atom. The summed E-state index contributed by atoms with van der Waals surface area (Å²) >= 11 is 0. The summed E-state index contributed by atoms with van der Waals surface area (Å²) in [7, 11) is 1.64. The van der Waals surface area contributed by atoms with E-state index in [1.54, 1.807) is 25.5 Å². The number of carbonyl (C=O) groups is 1. The van der Waals surface area contributed by atoms with Crippen LogP contribution in [0.3, 0.4) is 0 Å². The molecule has 0 saturated carbocycles. The highest BCUT2D eigenvalue weighted by molar-refractivity contribution is 5.92. The van der Waals surface area contributed by atoms with E-state index in [0.717, 1.165) is 5.56 Å². The Kier molecular flexibility index (Phi) is 5.21. The molecule has 3 aromatic rings. The van der Waals surface area contributed by atoms with Crippen molar-refractivity contribution in [3.8, 4) is 0 Å². The number of hydrogen-bond donors (Lipinski definition) is 1. The first kappa shape index (κ1) is 18.6. The lowest BCUT2D eigenvalue weighted by molar-refractivity contribution is 0.0523. The first-order valence-electron chi connectivity index (χ1n) is 8.80. The number of benzene rings is 1. The summed E-state index contributed by atoms with van der Waals surface area (Å²) in [5.74, 6) is -0.0651. The number of esters is 1. The minimum atomic E-state index is -0.611. The molecule has 27 heavy (non-hydrogen) atoms. The van der Waals surface area contributed by atoms with Gasteiger partial charge in [-0.3, -0.25) is 14.8 Å². The molecule has 2 aromatic heterocycles. The van der Waals surface area contributed by atoms with E-state index in [-0.39, 0.29) is 23.2 Å². The van der Waals surface area contributed by atoms with Gasteiger partial charge >= 0.3 is 5.97 Å². The van der Waals surface area contributed by atoms with Crippen LogP contribution in [0.5, 0.6) is 0 Å². The third-order valence-corrected chi connectivity index (χ3v) is 4.56. The molecule has 140 valence electrons. The van der Waals surface area contributed by atoms with Crippen LogP contribution in [-0.4, -0.2) is 26.7 Å². The van der Waals surface area contributed by atoms with Crippen molar-refractivity contribution in [2.45, 2.75) is 26.8 Å². The minimum Gasteiger partial charge on any atom is -0.462 e. The van der Waals surface area contributed by atoms with Crippen LogP contribution in [-0.2, 0) is 24.8 Å². The molecular formula is C20H22N4O3. The molecule has 0 radical (unpaired) electrons. The predicted molar refractivity (Wildman–Crippen MR) is 102 cm³/mol. The van der Waals surface area contributed by atoms with E-state index < -0.39 is 5.97 Å². The number of pyridine rings is 1. The lowest BCUT2D eigenvalue weighted by Crippen LogP contribution is -2.32. The van der Waals surface area contributed by atoms with Gasteiger partial charge in [0.25, 0.3) is 5.56 Å². The number of nitrogens with one attached hydrogen (secondary N) is 1. The third kappa shape index (κ3) is 3.53. The first-order valence-corrected chi connectivity index (χ1v) is 8.80. The molecule has 3 rings (SSSR count). The molecule has 0 aliphatic heterocycles. The second kappa shape index (κ2) is 7.57. The van der Waals surface area contributed by atoms with E-state index in [1.165, 1.54) is 10.6 Å². The van der Waals surface area contributed by atoms with Crippen LogP contribution in [0.15, 0.2) is 41.2 Å². The fourth-order valence-corrected chi connectivity index (χ4v) is 2.98. The molecule has 2 heterocycles. The van der Waals surface area contributed by atoms with Crippen molar-refractivity contribution in [1.82, 2.24) is 14.1 Å². The van der Waals surface area contributed by atoms with Crippen LogP contribution in [0.4, 0.5) is 0 Å². The number of aryl methyl sites for hydroxylation is 3. The Labute approximate surface area is 156 Å². The molecule has 0 spiro atoms. The van der Waals surface area contributed by atoms with Crippen molar-refractivity contribution in [2.75, 3.05) is 6.61 Å². The Morgan fingerprint density at radius 1 is 1.26 bits per heavy atom. The smallest absolute Gasteiger partial charge is 0.341 e. The van der Waals surface area contributed by atoms with Crippen molar-refractivity contribution >= 4 is 17.0 Å². The largest absolute Gasteiger partial charge is 0.462 e. The van der Waals surface area contributed by atoms with Gasteiger partial charge in [0.05, 0.1) is 12.0 Å². The molecule has 1 N–H and O–H groups in total. The molecule has 0 aliphatic rings. The van der Waals surface area contributed by atoms with E-state index >= 15 is 0 Å². The summed E-state index contributed by atoms with van der Waals surface area (Å²) in [4.78, 5) is 29.5. The summed E-state index contributed by atoms with van der Waals surface area (Å²) in [5.41, 5.74) is 1.32. The second-order valence-electron chi connectivity index (χ2n) is 6.27. The molecule has 7 nitrogen and oxygen atoms in total. The Balaban J connectivity index is 2.21. The number of nitrogens with zero attached hydrogens (tertiary/aromatic N) is 3. The van der Waals surface area contributed by atoms with E-state index in [4.69, 9.17) is 10.1 Å². The van der Waals surface area contributed by atoms with E-state index in [2.05, 4.69) is 4.98 Å². The molecule has 0 bridgehead atoms. The van der Waals surface area contributed by atoms with Crippen LogP contribution in [0, 0.1) is 12.3 Å². The molecule has 0 saturated heterocycles. The highest BCUT2D eigenvalue weighted by Gasteiger charge is 2.18. The molecule has 1 aromatic carbocycles. The molecule has 0 aliphatic carbocycles. The fraction of sp³-hybridized carbons (Fsp3) is 0.300. The van der Waals surface area contributed by atoms with Gasteiger partial charge in [-0.2, -0.15) is 0 Å². The molecular weight excluding hydrogens is 344 g/mol. The zero-order valence-electron chi connectivity index (χ0n) is 15.7. The number of rotatable bonds is 5. The molecule has 0 fully saturated rings. The number of carbonyl (C=O) groups excluding carboxylic acids is 1. The van der Waals surface area contributed by atoms with Crippen LogP contribution < -0.4 is 11.0 Å². The molecule has 0 unspecified atom stereocenters. The van der Waals surface area contributed by atoms with Gasteiger partial charge in [0, 0.05) is 13.6 Å². The van der Waals surface area contributed by atoms with Crippen LogP contribution >= 0.6 is 0 Å². The highest BCUT2D eigenvalue weighted by atomic mass is 16.5. The zero-order chi connectivity index (χ0) is 19.6. The Hall–Kier alpha value is -3.22. The van der Waals surface area contributed by atoms with Crippen LogP contribution in [0.25, 0.3) is 11.0 Å². The summed E-state index contributed by atoms with van der Waals surface area (Å²) in [6.07, 6.45) is 0.648. The van der Waals surface area contributed by atoms with E-state index in [9.17, 15) is 9.59 Å². The summed E-state index contributed by atoms with van der Waals surface area (Å²) in [6.45, 7) is 4.07. The van der Waals surface area contributed by atoms with Gasteiger partial charge in [-0.15, -0.1) is 0 Å². The fourth-order valence-electron chi connectivity index (χ4n) is 2.98. The number of aromatic nitrogens is 3. The van der Waals surface area contributed by atoms with E-state index in [1.807, 2.05) is 30.3 Å². The standard InChI is InChI=1S/C20H22N4O3/c1-4-27-20(26)15-12-16-18(22-13(2)23(3)19(16)25)24(17(15)21)11-10-14-8-6-5-7-9-14/h5-9,12,21H,4,10-11H2,1-3H3. The van der Waals surface area contributed by atoms with Gasteiger partial charge in [0.2, 0.25) is 0 Å². The lowest BCUT2D eigenvalue weighted by Gasteiger charge is -2.15. The van der Waals surface area contributed by atoms with Crippen molar-refractivity contribution < 1.29 is 9.53 Å². The Morgan fingerprint density at radius 3 is 2.63 bits per heavy atom. The molecule has 7 heteroatoms. The molecule has 0 atom stereocenters. The number of hydrogen-bond acceptors (Lipinski definition) is 5. The van der Waals surface area contributed by atoms with Gasteiger partial charge in [-0.05, 0) is 31.9 Å². The summed E-state index contributed by atoms with van der Waals surface area (Å²) in [5, 5.41) is 8.81. The van der Waals surface area contributed by atoms with Crippen molar-refractivity contribution in [3.05, 3.63) is 69.2 Å². The Bertz CT molecular complexity index is 1110. The predicted octanol–water partition coefficient (Wildman–Crippen LogP) is 1.94. The average Bonchev–Trinajstić information content (AvgIpc) is 2.66. The normalized spacial score (nSPS) is 10.9. The molecule has 0 amide bonds. The van der Waals surface area contributed by atoms with Gasteiger partial charge in [-0.25, -0.2) is 9.78 Å². The van der Waals surface area contributed by atoms with Gasteiger partial charge in [0.1, 0.15) is 22.5 Å². The summed E-state index contributed by atoms with van der Waals surface area (Å²) < 4.78 is 8.11. The van der Waals surface area contributed by atoms with Gasteiger partial charge in [0.15, 0.2) is 0 Å². The van der Waals surface area contributed by atoms with Crippen LogP contribution in [0.2, 0.25) is 0 Å². The highest BCUT2D eigenvalue weighted by Crippen LogP contribution is 2.11. The second-order valence-corrected chi connectivity index (χ2v) is 6.27. The van der Waals surface area contributed by atoms with E-state index in [0.29, 0.717) is 29.8 Å². The SMILES string of the molecule is CCOC(=O)c1cc2c(=O)n(C)c(C)nc2n(CCc2ccccc2)c1=N. The van der Waals surface area contributed by atoms with Gasteiger partial charge < -0.3 is 9.30 Å². The quantitative estimate of drug-likeness (QED) is 0.699. The number of ether oxygens (including phenoxy) is 1. The van der Waals surface area contributed by atoms with Crippen molar-refractivity contribution in [1.29, 1.82) is 5.41 Å². The maximum Gasteiger partial charge on any atom is 0.341 e. The van der Waals surface area contributed by atoms with Gasteiger partial charge in [-0.1, -0.05) is 30.3 Å². The van der Waals surface area contributed by atoms with Crippen molar-refractivity contribution in [2.24, 2.45) is 7.05 Å². The van der Waals surface area contributed by atoms with Crippen molar-refractivity contribution in [3.63, 3.8) is 0 Å². The van der Waals surface area contributed by atoms with Crippen LogP contribution in [0.1, 0.15) is 28.7 Å². The topological polar surface area (TPSA) is 90.0 Å². The third-order valence-electron chi connectivity index (χ3n) is 4.56. The average molecular weight is 366 g/mol. The maximum atomic E-state index is 12.7. The minimum absolute atomic E-state index is 0.00275. The lowest BCUT2D eigenvalue weighted by atomic mass is 10.1. The summed E-state index contributed by atoms with van der Waals surface area (Å²) in [6, 6.07) is 11.3. The zero-order valence-corrected chi connectivity index (χ0v) is 15.7. The maximum absolute atomic E-state index is 12.7. The monoisotopic (exact) mass is 366 g/mol. The first-order chi connectivity index (χ1) is 12.9.